The van der Waals surface area contributed by atoms with Crippen molar-refractivity contribution in [2.75, 3.05) is 6.61 Å². The number of benzene rings is 1. The molecule has 0 spiro atoms. The van der Waals surface area contributed by atoms with Crippen LogP contribution in [0.4, 0.5) is 0 Å². The van der Waals surface area contributed by atoms with Crippen LogP contribution in [0.3, 0.4) is 0 Å². The molecule has 15 heavy (non-hydrogen) atoms. The Morgan fingerprint density at radius 3 is 2.67 bits per heavy atom. The number of hydrogen-bond acceptors (Lipinski definition) is 2. The van der Waals surface area contributed by atoms with Gasteiger partial charge in [0, 0.05) is 12.2 Å². The van der Waals surface area contributed by atoms with E-state index in [1.807, 2.05) is 37.3 Å². The van der Waals surface area contributed by atoms with Gasteiger partial charge in [0.15, 0.2) is 5.94 Å². The molecule has 0 radical (unpaired) electrons. The second-order valence-electron chi connectivity index (χ2n) is 3.07. The number of rotatable bonds is 5. The normalized spacial score (nSPS) is 8.87. The Balaban J connectivity index is 2.55. The zero-order valence-electron chi connectivity index (χ0n) is 8.82. The predicted molar refractivity (Wildman–Crippen MR) is 59.1 cm³/mol. The van der Waals surface area contributed by atoms with Crippen LogP contribution in [0.2, 0.25) is 0 Å². The minimum Gasteiger partial charge on any atom is -0.489 e. The van der Waals surface area contributed by atoms with E-state index in [0.29, 0.717) is 18.8 Å². The molecule has 0 aliphatic carbocycles. The highest BCUT2D eigenvalue weighted by molar-refractivity contribution is 5.44. The molecule has 0 N–H and O–H groups in total. The van der Waals surface area contributed by atoms with Gasteiger partial charge in [-0.25, -0.2) is 4.79 Å². The van der Waals surface area contributed by atoms with Crippen LogP contribution in [0.15, 0.2) is 41.8 Å². The largest absolute Gasteiger partial charge is 0.489 e. The summed E-state index contributed by atoms with van der Waals surface area (Å²) in [6.45, 7) is 2.44. The van der Waals surface area contributed by atoms with E-state index in [1.165, 1.54) is 5.56 Å². The molecule has 2 nitrogen and oxygen atoms in total. The van der Waals surface area contributed by atoms with E-state index >= 15 is 0 Å². The fourth-order valence-corrected chi connectivity index (χ4v) is 1.30. The van der Waals surface area contributed by atoms with E-state index in [-0.39, 0.29) is 0 Å². The molecule has 1 aromatic carbocycles. The Morgan fingerprint density at radius 1 is 1.33 bits per heavy atom. The molecule has 0 fully saturated rings. The molecule has 0 bridgehead atoms. The molecule has 0 aliphatic heterocycles. The van der Waals surface area contributed by atoms with Gasteiger partial charge in [-0.2, -0.15) is 0 Å². The lowest BCUT2D eigenvalue weighted by Gasteiger charge is -2.04. The fraction of sp³-hybridized carbons (Fsp3) is 0.308. The Kier molecular flexibility index (Phi) is 5.03. The van der Waals surface area contributed by atoms with Gasteiger partial charge >= 0.3 is 0 Å². The molecule has 0 heterocycles. The lowest BCUT2D eigenvalue weighted by atomic mass is 10.1. The van der Waals surface area contributed by atoms with Crippen molar-refractivity contribution < 1.29 is 9.53 Å². The number of allylic oxidation sites excluding steroid dienone is 1. The summed E-state index contributed by atoms with van der Waals surface area (Å²) in [4.78, 5) is 10.2. The molecule has 0 amide bonds. The van der Waals surface area contributed by atoms with E-state index < -0.39 is 0 Å². The number of aryl methyl sites for hydroxylation is 1. The van der Waals surface area contributed by atoms with Gasteiger partial charge in [-0.1, -0.05) is 30.3 Å². The van der Waals surface area contributed by atoms with E-state index in [0.717, 1.165) is 6.42 Å². The second kappa shape index (κ2) is 6.67. The van der Waals surface area contributed by atoms with Crippen molar-refractivity contribution in [3.63, 3.8) is 0 Å². The van der Waals surface area contributed by atoms with Gasteiger partial charge in [-0.15, -0.1) is 0 Å². The molecular formula is C13H14O2. The molecule has 78 valence electrons. The summed E-state index contributed by atoms with van der Waals surface area (Å²) in [5, 5.41) is 0. The minimum absolute atomic E-state index is 0.554. The van der Waals surface area contributed by atoms with Crippen molar-refractivity contribution >= 4 is 5.94 Å². The van der Waals surface area contributed by atoms with Crippen molar-refractivity contribution in [2.45, 2.75) is 19.8 Å². The first-order valence-corrected chi connectivity index (χ1v) is 5.02. The van der Waals surface area contributed by atoms with Crippen LogP contribution in [-0.2, 0) is 16.0 Å². The van der Waals surface area contributed by atoms with Crippen molar-refractivity contribution in [1.82, 2.24) is 0 Å². The molecule has 0 aliphatic rings. The van der Waals surface area contributed by atoms with E-state index in [9.17, 15) is 4.79 Å². The quantitative estimate of drug-likeness (QED) is 0.416. The highest BCUT2D eigenvalue weighted by atomic mass is 16.5. The van der Waals surface area contributed by atoms with Gasteiger partial charge in [0.1, 0.15) is 5.76 Å². The van der Waals surface area contributed by atoms with Crippen LogP contribution >= 0.6 is 0 Å². The number of carbonyl (C=O) groups excluding carboxylic acids is 1. The highest BCUT2D eigenvalue weighted by Gasteiger charge is 1.98. The Labute approximate surface area is 89.9 Å². The van der Waals surface area contributed by atoms with Crippen LogP contribution in [0, 0.1) is 0 Å². The van der Waals surface area contributed by atoms with Crippen LogP contribution < -0.4 is 0 Å². The molecule has 1 rings (SSSR count). The van der Waals surface area contributed by atoms with Crippen molar-refractivity contribution in [2.24, 2.45) is 0 Å². The van der Waals surface area contributed by atoms with Gasteiger partial charge in [0.2, 0.25) is 0 Å². The summed E-state index contributed by atoms with van der Waals surface area (Å²) in [6.07, 6.45) is 1.54. The maximum atomic E-state index is 10.2. The Bertz CT molecular complexity index is 369. The summed E-state index contributed by atoms with van der Waals surface area (Å²) in [7, 11) is 0. The van der Waals surface area contributed by atoms with Crippen molar-refractivity contribution in [1.29, 1.82) is 0 Å². The zero-order chi connectivity index (χ0) is 10.9. The van der Waals surface area contributed by atoms with Gasteiger partial charge < -0.3 is 4.74 Å². The lowest BCUT2D eigenvalue weighted by molar-refractivity contribution is 0.219. The number of hydrogen-bond donors (Lipinski definition) is 0. The third-order valence-corrected chi connectivity index (χ3v) is 1.99. The zero-order valence-corrected chi connectivity index (χ0v) is 8.82. The maximum absolute atomic E-state index is 10.2. The van der Waals surface area contributed by atoms with Crippen molar-refractivity contribution in [3.05, 3.63) is 47.4 Å². The first-order chi connectivity index (χ1) is 7.36. The molecular weight excluding hydrogens is 188 g/mol. The van der Waals surface area contributed by atoms with Gasteiger partial charge in [-0.3, -0.25) is 0 Å². The molecule has 0 atom stereocenters. The lowest BCUT2D eigenvalue weighted by Crippen LogP contribution is -1.93. The summed E-state index contributed by atoms with van der Waals surface area (Å²) >= 11 is 0. The smallest absolute Gasteiger partial charge is 0.180 e. The van der Waals surface area contributed by atoms with Crippen LogP contribution in [-0.4, -0.2) is 12.5 Å². The number of ether oxygens (including phenoxy) is 1. The molecule has 0 saturated carbocycles. The molecule has 0 saturated heterocycles. The standard InChI is InChI=1S/C13H14O2/c1-2-15-13(10-11-14)9-8-12-6-4-3-5-7-12/h3-7H,2,8-9H2,1H3. The monoisotopic (exact) mass is 202 g/mol. The van der Waals surface area contributed by atoms with Gasteiger partial charge in [-0.05, 0) is 18.9 Å². The van der Waals surface area contributed by atoms with E-state index in [1.54, 1.807) is 5.94 Å². The topological polar surface area (TPSA) is 26.3 Å². The van der Waals surface area contributed by atoms with Gasteiger partial charge in [0.05, 0.1) is 6.61 Å². The minimum atomic E-state index is 0.554. The summed E-state index contributed by atoms with van der Waals surface area (Å²) in [6, 6.07) is 10.1. The summed E-state index contributed by atoms with van der Waals surface area (Å²) < 4.78 is 5.25. The van der Waals surface area contributed by atoms with Gasteiger partial charge in [0.25, 0.3) is 0 Å². The van der Waals surface area contributed by atoms with Crippen LogP contribution in [0.5, 0.6) is 0 Å². The Hall–Kier alpha value is -1.75. The molecule has 2 heteroatoms. The SMILES string of the molecule is CCOC(=C=C=O)CCc1ccccc1. The van der Waals surface area contributed by atoms with Crippen LogP contribution in [0.1, 0.15) is 18.9 Å². The predicted octanol–water partition coefficient (Wildman–Crippen LogP) is 2.53. The maximum Gasteiger partial charge on any atom is 0.180 e. The third kappa shape index (κ3) is 4.33. The second-order valence-corrected chi connectivity index (χ2v) is 3.07. The van der Waals surface area contributed by atoms with E-state index in [2.05, 4.69) is 5.73 Å². The summed E-state index contributed by atoms with van der Waals surface area (Å²) in [5.74, 6) is 2.21. The van der Waals surface area contributed by atoms with Crippen LogP contribution in [0.25, 0.3) is 0 Å². The molecule has 1 aromatic rings. The first kappa shape index (κ1) is 11.3. The van der Waals surface area contributed by atoms with Crippen molar-refractivity contribution in [3.8, 4) is 0 Å². The fourth-order valence-electron chi connectivity index (χ4n) is 1.30. The highest BCUT2D eigenvalue weighted by Crippen LogP contribution is 2.08. The molecule has 0 aromatic heterocycles. The first-order valence-electron chi connectivity index (χ1n) is 5.02. The average molecular weight is 202 g/mol. The molecule has 0 unspecified atom stereocenters. The van der Waals surface area contributed by atoms with E-state index in [4.69, 9.17) is 4.74 Å². The summed E-state index contributed by atoms with van der Waals surface area (Å²) in [5.41, 5.74) is 3.67. The average Bonchev–Trinajstić information content (AvgIpc) is 2.28. The Morgan fingerprint density at radius 2 is 2.07 bits per heavy atom. The third-order valence-electron chi connectivity index (χ3n) is 1.99.